The Morgan fingerprint density at radius 2 is 1.88 bits per heavy atom. The molecule has 1 aromatic carbocycles. The van der Waals surface area contributed by atoms with Gasteiger partial charge in [0.25, 0.3) is 11.8 Å². The molecule has 1 saturated heterocycles. The van der Waals surface area contributed by atoms with Crippen LogP contribution in [-0.4, -0.2) is 53.1 Å². The van der Waals surface area contributed by atoms with Crippen molar-refractivity contribution in [2.24, 2.45) is 5.10 Å². The first-order valence-electron chi connectivity index (χ1n) is 11.2. The number of amides is 2. The van der Waals surface area contributed by atoms with Crippen LogP contribution in [0.1, 0.15) is 46.3 Å². The molecule has 8 heteroatoms. The van der Waals surface area contributed by atoms with Crippen LogP contribution in [0.5, 0.6) is 0 Å². The zero-order chi connectivity index (χ0) is 22.6. The Morgan fingerprint density at radius 1 is 1.06 bits per heavy atom. The van der Waals surface area contributed by atoms with Gasteiger partial charge in [0, 0.05) is 31.1 Å². The third kappa shape index (κ3) is 4.91. The number of hydrazone groups is 1. The summed E-state index contributed by atoms with van der Waals surface area (Å²) < 4.78 is 5.62. The number of nitrogens with zero attached hydrogens (tertiary/aromatic N) is 3. The highest BCUT2D eigenvalue weighted by atomic mass is 32.1. The van der Waals surface area contributed by atoms with Crippen molar-refractivity contribution in [2.75, 3.05) is 19.6 Å². The highest BCUT2D eigenvalue weighted by Gasteiger charge is 2.36. The largest absolute Gasteiger partial charge is 0.467 e. The highest BCUT2D eigenvalue weighted by Crippen LogP contribution is 2.34. The molecule has 0 spiro atoms. The number of thiophene rings is 1. The van der Waals surface area contributed by atoms with Crippen molar-refractivity contribution in [3.8, 4) is 0 Å². The molecule has 0 saturated carbocycles. The summed E-state index contributed by atoms with van der Waals surface area (Å²) in [5.74, 6) is 0.676. The van der Waals surface area contributed by atoms with Gasteiger partial charge in [-0.25, -0.2) is 5.01 Å². The summed E-state index contributed by atoms with van der Waals surface area (Å²) >= 11 is 1.63. The van der Waals surface area contributed by atoms with E-state index in [9.17, 15) is 9.59 Å². The van der Waals surface area contributed by atoms with Crippen LogP contribution < -0.4 is 5.32 Å². The predicted octanol–water partition coefficient (Wildman–Crippen LogP) is 3.91. The van der Waals surface area contributed by atoms with E-state index in [1.165, 1.54) is 0 Å². The Bertz CT molecular complexity index is 1100. The molecule has 33 heavy (non-hydrogen) atoms. The van der Waals surface area contributed by atoms with Gasteiger partial charge in [-0.15, -0.1) is 11.3 Å². The van der Waals surface area contributed by atoms with Crippen LogP contribution in [0.15, 0.2) is 75.8 Å². The summed E-state index contributed by atoms with van der Waals surface area (Å²) in [7, 11) is 0. The van der Waals surface area contributed by atoms with Gasteiger partial charge < -0.3 is 9.73 Å². The fraction of sp³-hybridized carbons (Fsp3) is 0.320. The van der Waals surface area contributed by atoms with E-state index < -0.39 is 0 Å². The van der Waals surface area contributed by atoms with Crippen LogP contribution in [0.3, 0.4) is 0 Å². The molecule has 1 fully saturated rings. The topological polar surface area (TPSA) is 78.2 Å². The number of rotatable bonds is 6. The Hall–Kier alpha value is -3.23. The average Bonchev–Trinajstić information content (AvgIpc) is 3.62. The van der Waals surface area contributed by atoms with E-state index in [-0.39, 0.29) is 23.9 Å². The molecule has 3 aromatic rings. The van der Waals surface area contributed by atoms with Gasteiger partial charge in [-0.05, 0) is 48.6 Å². The molecule has 2 aliphatic heterocycles. The number of piperidine rings is 1. The number of carbonyl (C=O) groups is 2. The van der Waals surface area contributed by atoms with Crippen molar-refractivity contribution in [1.29, 1.82) is 0 Å². The first kappa shape index (κ1) is 21.6. The molecular weight excluding hydrogens is 436 g/mol. The number of furan rings is 1. The highest BCUT2D eigenvalue weighted by molar-refractivity contribution is 7.12. The minimum atomic E-state index is -0.215. The van der Waals surface area contributed by atoms with Gasteiger partial charge in [0.05, 0.1) is 23.4 Å². The molecule has 2 amide bonds. The molecule has 1 atom stereocenters. The number of nitrogens with one attached hydrogen (secondary N) is 1. The van der Waals surface area contributed by atoms with Gasteiger partial charge in [-0.3, -0.25) is 14.5 Å². The van der Waals surface area contributed by atoms with Crippen molar-refractivity contribution < 1.29 is 14.0 Å². The molecule has 2 aromatic heterocycles. The van der Waals surface area contributed by atoms with E-state index >= 15 is 0 Å². The number of hydrogen-bond acceptors (Lipinski definition) is 6. The standard InChI is InChI=1S/C25H26N4O3S/c30-24(17-28-12-10-19(11-13-28)26-25(31)18-6-2-1-3-7-18)29-21(22-8-4-14-32-22)16-20(27-29)23-9-5-15-33-23/h1-9,14-15,19,21H,10-13,16-17H2,(H,26,31). The third-order valence-electron chi connectivity index (χ3n) is 6.16. The second-order valence-electron chi connectivity index (χ2n) is 8.39. The number of likely N-dealkylation sites (tertiary alicyclic amines) is 1. The lowest BCUT2D eigenvalue weighted by atomic mass is 10.0. The summed E-state index contributed by atoms with van der Waals surface area (Å²) in [5.41, 5.74) is 1.59. The molecule has 1 unspecified atom stereocenters. The second-order valence-corrected chi connectivity index (χ2v) is 9.34. The monoisotopic (exact) mass is 462 g/mol. The van der Waals surface area contributed by atoms with Crippen LogP contribution in [0.4, 0.5) is 0 Å². The van der Waals surface area contributed by atoms with E-state index in [1.807, 2.05) is 60.0 Å². The number of carbonyl (C=O) groups excluding carboxylic acids is 2. The molecule has 4 heterocycles. The SMILES string of the molecule is O=C(NC1CCN(CC(=O)N2N=C(c3cccs3)CC2c2ccco2)CC1)c1ccccc1. The van der Waals surface area contributed by atoms with E-state index in [0.717, 1.165) is 42.3 Å². The van der Waals surface area contributed by atoms with Crippen molar-refractivity contribution in [3.05, 3.63) is 82.4 Å². The Morgan fingerprint density at radius 3 is 2.58 bits per heavy atom. The van der Waals surface area contributed by atoms with E-state index in [2.05, 4.69) is 15.3 Å². The van der Waals surface area contributed by atoms with Crippen LogP contribution in [-0.2, 0) is 4.79 Å². The molecular formula is C25H26N4O3S. The van der Waals surface area contributed by atoms with Gasteiger partial charge >= 0.3 is 0 Å². The summed E-state index contributed by atoms with van der Waals surface area (Å²) in [6.07, 6.45) is 3.91. The fourth-order valence-electron chi connectivity index (χ4n) is 4.39. The first-order valence-corrected chi connectivity index (χ1v) is 12.1. The van der Waals surface area contributed by atoms with Crippen LogP contribution in [0, 0.1) is 0 Å². The summed E-state index contributed by atoms with van der Waals surface area (Å²) in [4.78, 5) is 28.9. The molecule has 0 radical (unpaired) electrons. The first-order chi connectivity index (χ1) is 16.2. The van der Waals surface area contributed by atoms with E-state index in [0.29, 0.717) is 18.5 Å². The predicted molar refractivity (Wildman–Crippen MR) is 127 cm³/mol. The van der Waals surface area contributed by atoms with Gasteiger partial charge in [0.2, 0.25) is 0 Å². The smallest absolute Gasteiger partial charge is 0.257 e. The molecule has 7 nitrogen and oxygen atoms in total. The number of hydrogen-bond donors (Lipinski definition) is 1. The maximum Gasteiger partial charge on any atom is 0.257 e. The minimum absolute atomic E-state index is 0.0327. The van der Waals surface area contributed by atoms with Crippen molar-refractivity contribution in [3.63, 3.8) is 0 Å². The Balaban J connectivity index is 1.19. The van der Waals surface area contributed by atoms with Gasteiger partial charge in [0.15, 0.2) is 0 Å². The molecule has 170 valence electrons. The van der Waals surface area contributed by atoms with Gasteiger partial charge in [0.1, 0.15) is 11.8 Å². The van der Waals surface area contributed by atoms with E-state index in [1.54, 1.807) is 22.6 Å². The molecule has 0 bridgehead atoms. The summed E-state index contributed by atoms with van der Waals surface area (Å²) in [6, 6.07) is 16.9. The maximum absolute atomic E-state index is 13.2. The Kier molecular flexibility index (Phi) is 6.37. The maximum atomic E-state index is 13.2. The van der Waals surface area contributed by atoms with Gasteiger partial charge in [-0.1, -0.05) is 24.3 Å². The summed E-state index contributed by atoms with van der Waals surface area (Å²) in [5, 5.41) is 11.4. The molecule has 2 aliphatic rings. The molecule has 5 rings (SSSR count). The zero-order valence-corrected chi connectivity index (χ0v) is 19.0. The lowest BCUT2D eigenvalue weighted by Gasteiger charge is -2.33. The lowest BCUT2D eigenvalue weighted by Crippen LogP contribution is -2.47. The molecule has 0 aliphatic carbocycles. The van der Waals surface area contributed by atoms with Crippen molar-refractivity contribution >= 4 is 28.9 Å². The zero-order valence-electron chi connectivity index (χ0n) is 18.2. The van der Waals surface area contributed by atoms with E-state index in [4.69, 9.17) is 4.42 Å². The third-order valence-corrected chi connectivity index (χ3v) is 7.08. The van der Waals surface area contributed by atoms with Crippen LogP contribution >= 0.6 is 11.3 Å². The van der Waals surface area contributed by atoms with Crippen LogP contribution in [0.2, 0.25) is 0 Å². The normalized spacial score (nSPS) is 19.5. The second kappa shape index (κ2) is 9.72. The minimum Gasteiger partial charge on any atom is -0.467 e. The fourth-order valence-corrected chi connectivity index (χ4v) is 5.11. The Labute approximate surface area is 196 Å². The van der Waals surface area contributed by atoms with Crippen molar-refractivity contribution in [1.82, 2.24) is 15.2 Å². The lowest BCUT2D eigenvalue weighted by molar-refractivity contribution is -0.134. The quantitative estimate of drug-likeness (QED) is 0.602. The van der Waals surface area contributed by atoms with Crippen LogP contribution in [0.25, 0.3) is 0 Å². The molecule has 1 N–H and O–H groups in total. The summed E-state index contributed by atoms with van der Waals surface area (Å²) in [6.45, 7) is 1.82. The van der Waals surface area contributed by atoms with Crippen molar-refractivity contribution in [2.45, 2.75) is 31.3 Å². The number of benzene rings is 1. The average molecular weight is 463 g/mol. The van der Waals surface area contributed by atoms with Gasteiger partial charge in [-0.2, -0.15) is 5.10 Å².